The molecule has 0 aliphatic rings. The number of rotatable bonds is 2. The standard InChI is InChI=1S/C14H12Br2O/c1-9-3-4-10(2)14(7-9)17-11-5-6-12(15)13(16)8-11/h3-8H,1-2H3. The van der Waals surface area contributed by atoms with Gasteiger partial charge in [-0.15, -0.1) is 0 Å². The zero-order valence-electron chi connectivity index (χ0n) is 9.63. The third-order valence-electron chi connectivity index (χ3n) is 2.46. The van der Waals surface area contributed by atoms with Crippen LogP contribution in [0.15, 0.2) is 45.3 Å². The zero-order valence-corrected chi connectivity index (χ0v) is 12.8. The van der Waals surface area contributed by atoms with Crippen molar-refractivity contribution in [1.29, 1.82) is 0 Å². The highest BCUT2D eigenvalue weighted by Crippen LogP contribution is 2.31. The monoisotopic (exact) mass is 354 g/mol. The number of ether oxygens (including phenoxy) is 1. The van der Waals surface area contributed by atoms with Crippen LogP contribution < -0.4 is 4.74 Å². The molecule has 0 radical (unpaired) electrons. The highest BCUT2D eigenvalue weighted by molar-refractivity contribution is 9.13. The molecular weight excluding hydrogens is 344 g/mol. The van der Waals surface area contributed by atoms with Crippen LogP contribution in [0.1, 0.15) is 11.1 Å². The Balaban J connectivity index is 2.31. The molecular formula is C14H12Br2O. The van der Waals surface area contributed by atoms with Crippen LogP contribution in [0.3, 0.4) is 0 Å². The van der Waals surface area contributed by atoms with E-state index in [0.29, 0.717) is 0 Å². The van der Waals surface area contributed by atoms with Crippen molar-refractivity contribution in [3.63, 3.8) is 0 Å². The van der Waals surface area contributed by atoms with Crippen LogP contribution in [-0.4, -0.2) is 0 Å². The van der Waals surface area contributed by atoms with Crippen molar-refractivity contribution in [2.45, 2.75) is 13.8 Å². The van der Waals surface area contributed by atoms with Gasteiger partial charge in [0, 0.05) is 8.95 Å². The normalized spacial score (nSPS) is 10.4. The van der Waals surface area contributed by atoms with Gasteiger partial charge in [-0.1, -0.05) is 12.1 Å². The van der Waals surface area contributed by atoms with Gasteiger partial charge in [-0.2, -0.15) is 0 Å². The van der Waals surface area contributed by atoms with Gasteiger partial charge in [-0.05, 0) is 81.1 Å². The van der Waals surface area contributed by atoms with Crippen molar-refractivity contribution < 1.29 is 4.74 Å². The first-order valence-electron chi connectivity index (χ1n) is 5.26. The summed E-state index contributed by atoms with van der Waals surface area (Å²) in [7, 11) is 0. The minimum absolute atomic E-state index is 0.828. The van der Waals surface area contributed by atoms with Crippen LogP contribution in [0.2, 0.25) is 0 Å². The van der Waals surface area contributed by atoms with Crippen LogP contribution in [0.5, 0.6) is 11.5 Å². The van der Waals surface area contributed by atoms with Crippen LogP contribution in [0.4, 0.5) is 0 Å². The molecule has 2 rings (SSSR count). The average Bonchev–Trinajstić information content (AvgIpc) is 2.29. The Kier molecular flexibility index (Phi) is 3.89. The van der Waals surface area contributed by atoms with Gasteiger partial charge in [0.25, 0.3) is 0 Å². The first-order chi connectivity index (χ1) is 8.06. The van der Waals surface area contributed by atoms with Gasteiger partial charge in [0.15, 0.2) is 0 Å². The van der Waals surface area contributed by atoms with Crippen molar-refractivity contribution in [1.82, 2.24) is 0 Å². The maximum Gasteiger partial charge on any atom is 0.130 e. The summed E-state index contributed by atoms with van der Waals surface area (Å²) >= 11 is 6.90. The first-order valence-corrected chi connectivity index (χ1v) is 6.85. The lowest BCUT2D eigenvalue weighted by molar-refractivity contribution is 0.478. The fourth-order valence-electron chi connectivity index (χ4n) is 1.48. The summed E-state index contributed by atoms with van der Waals surface area (Å²) in [5, 5.41) is 0. The van der Waals surface area contributed by atoms with E-state index in [0.717, 1.165) is 26.0 Å². The van der Waals surface area contributed by atoms with E-state index in [1.54, 1.807) is 0 Å². The van der Waals surface area contributed by atoms with E-state index in [9.17, 15) is 0 Å². The van der Waals surface area contributed by atoms with Gasteiger partial charge in [-0.3, -0.25) is 0 Å². The molecule has 0 atom stereocenters. The molecule has 0 heterocycles. The number of hydrogen-bond acceptors (Lipinski definition) is 1. The number of halogens is 2. The molecule has 0 amide bonds. The minimum Gasteiger partial charge on any atom is -0.457 e. The molecule has 0 aliphatic heterocycles. The van der Waals surface area contributed by atoms with E-state index in [-0.39, 0.29) is 0 Å². The zero-order chi connectivity index (χ0) is 12.4. The highest BCUT2D eigenvalue weighted by atomic mass is 79.9. The second-order valence-corrected chi connectivity index (χ2v) is 5.66. The molecule has 88 valence electrons. The maximum atomic E-state index is 5.87. The molecule has 17 heavy (non-hydrogen) atoms. The minimum atomic E-state index is 0.828. The molecule has 1 nitrogen and oxygen atoms in total. The third-order valence-corrected chi connectivity index (χ3v) is 4.34. The van der Waals surface area contributed by atoms with Gasteiger partial charge in [-0.25, -0.2) is 0 Å². The SMILES string of the molecule is Cc1ccc(C)c(Oc2ccc(Br)c(Br)c2)c1. The van der Waals surface area contributed by atoms with E-state index >= 15 is 0 Å². The Morgan fingerprint density at radius 2 is 1.65 bits per heavy atom. The summed E-state index contributed by atoms with van der Waals surface area (Å²) in [4.78, 5) is 0. The fourth-order valence-corrected chi connectivity index (χ4v) is 2.09. The molecule has 0 spiro atoms. The van der Waals surface area contributed by atoms with E-state index in [4.69, 9.17) is 4.74 Å². The van der Waals surface area contributed by atoms with Crippen molar-refractivity contribution in [2.75, 3.05) is 0 Å². The second kappa shape index (κ2) is 5.23. The van der Waals surface area contributed by atoms with Crippen molar-refractivity contribution in [2.24, 2.45) is 0 Å². The van der Waals surface area contributed by atoms with Gasteiger partial charge in [0.2, 0.25) is 0 Å². The van der Waals surface area contributed by atoms with E-state index in [1.807, 2.05) is 31.2 Å². The quantitative estimate of drug-likeness (QED) is 0.679. The molecule has 2 aromatic carbocycles. The number of benzene rings is 2. The Labute approximate surface area is 118 Å². The summed E-state index contributed by atoms with van der Waals surface area (Å²) in [5.74, 6) is 1.73. The lowest BCUT2D eigenvalue weighted by Crippen LogP contribution is -1.88. The lowest BCUT2D eigenvalue weighted by atomic mass is 10.1. The predicted octanol–water partition coefficient (Wildman–Crippen LogP) is 5.62. The third kappa shape index (κ3) is 3.11. The van der Waals surface area contributed by atoms with Gasteiger partial charge in [0.05, 0.1) is 0 Å². The smallest absolute Gasteiger partial charge is 0.130 e. The Morgan fingerprint density at radius 1 is 0.882 bits per heavy atom. The molecule has 0 unspecified atom stereocenters. The summed E-state index contributed by atoms with van der Waals surface area (Å²) in [6.07, 6.45) is 0. The molecule has 0 aliphatic carbocycles. The predicted molar refractivity (Wildman–Crippen MR) is 77.8 cm³/mol. The second-order valence-electron chi connectivity index (χ2n) is 3.95. The summed E-state index contributed by atoms with van der Waals surface area (Å²) in [5.41, 5.74) is 2.33. The molecule has 0 saturated heterocycles. The summed E-state index contributed by atoms with van der Waals surface area (Å²) < 4.78 is 7.88. The number of aryl methyl sites for hydroxylation is 2. The fraction of sp³-hybridized carbons (Fsp3) is 0.143. The van der Waals surface area contributed by atoms with Gasteiger partial charge >= 0.3 is 0 Å². The molecule has 0 fully saturated rings. The van der Waals surface area contributed by atoms with Crippen LogP contribution in [0, 0.1) is 13.8 Å². The Hall–Kier alpha value is -0.800. The summed E-state index contributed by atoms with van der Waals surface area (Å²) in [6.45, 7) is 4.10. The highest BCUT2D eigenvalue weighted by Gasteiger charge is 2.04. The largest absolute Gasteiger partial charge is 0.457 e. The van der Waals surface area contributed by atoms with Crippen molar-refractivity contribution in [3.8, 4) is 11.5 Å². The van der Waals surface area contributed by atoms with Crippen molar-refractivity contribution in [3.05, 3.63) is 56.5 Å². The topological polar surface area (TPSA) is 9.23 Å². The Morgan fingerprint density at radius 3 is 2.35 bits per heavy atom. The molecule has 0 N–H and O–H groups in total. The average molecular weight is 356 g/mol. The lowest BCUT2D eigenvalue weighted by Gasteiger charge is -2.10. The Bertz CT molecular complexity index is 550. The molecule has 2 aromatic rings. The maximum absolute atomic E-state index is 5.87. The summed E-state index contributed by atoms with van der Waals surface area (Å²) in [6, 6.07) is 12.1. The molecule has 0 saturated carbocycles. The van der Waals surface area contributed by atoms with E-state index in [1.165, 1.54) is 5.56 Å². The van der Waals surface area contributed by atoms with Crippen molar-refractivity contribution >= 4 is 31.9 Å². The van der Waals surface area contributed by atoms with Crippen LogP contribution in [0.25, 0.3) is 0 Å². The molecule has 3 heteroatoms. The van der Waals surface area contributed by atoms with Crippen LogP contribution >= 0.6 is 31.9 Å². The van der Waals surface area contributed by atoms with Crippen LogP contribution in [-0.2, 0) is 0 Å². The molecule has 0 bridgehead atoms. The van der Waals surface area contributed by atoms with Gasteiger partial charge < -0.3 is 4.74 Å². The molecule has 0 aromatic heterocycles. The van der Waals surface area contributed by atoms with Gasteiger partial charge in [0.1, 0.15) is 11.5 Å². The number of hydrogen-bond donors (Lipinski definition) is 0. The van der Waals surface area contributed by atoms with E-state index in [2.05, 4.69) is 50.9 Å². The first kappa shape index (κ1) is 12.7. The van der Waals surface area contributed by atoms with E-state index < -0.39 is 0 Å².